The number of nitrogens with one attached hydrogen (secondary N) is 1. The van der Waals surface area contributed by atoms with Gasteiger partial charge >= 0.3 is 0 Å². The van der Waals surface area contributed by atoms with Crippen LogP contribution in [-0.2, 0) is 0 Å². The van der Waals surface area contributed by atoms with Crippen LogP contribution in [0.15, 0.2) is 0 Å². The molecule has 4 nitrogen and oxygen atoms in total. The van der Waals surface area contributed by atoms with E-state index in [9.17, 15) is 5.11 Å². The fourth-order valence-electron chi connectivity index (χ4n) is 0.708. The maximum Gasteiger partial charge on any atom is 0.0972 e. The van der Waals surface area contributed by atoms with Gasteiger partial charge in [-0.1, -0.05) is 6.92 Å². The van der Waals surface area contributed by atoms with Crippen molar-refractivity contribution in [2.75, 3.05) is 26.3 Å². The Labute approximate surface area is 73.2 Å². The quantitative estimate of drug-likeness (QED) is 0.417. The Bertz CT molecular complexity index is 117. The topological polar surface area (TPSA) is 72.7 Å². The van der Waals surface area contributed by atoms with E-state index < -0.39 is 5.60 Å². The third kappa shape index (κ3) is 5.49. The summed E-state index contributed by atoms with van der Waals surface area (Å²) in [6, 6.07) is 0. The van der Waals surface area contributed by atoms with Crippen LogP contribution >= 0.6 is 0 Å². The molecule has 0 aliphatic rings. The average Bonchev–Trinajstić information content (AvgIpc) is 2.04. The van der Waals surface area contributed by atoms with Gasteiger partial charge in [0.1, 0.15) is 0 Å². The van der Waals surface area contributed by atoms with Gasteiger partial charge in [0, 0.05) is 13.2 Å². The zero-order valence-corrected chi connectivity index (χ0v) is 7.75. The molecule has 0 aromatic carbocycles. The largest absolute Gasteiger partial charge is 0.396 e. The lowest BCUT2D eigenvalue weighted by atomic mass is 10.1. The summed E-state index contributed by atoms with van der Waals surface area (Å²) in [5, 5.41) is 29.6. The van der Waals surface area contributed by atoms with E-state index in [1.54, 1.807) is 6.92 Å². The first kappa shape index (κ1) is 11.8. The average molecular weight is 177 g/mol. The Hall–Kier alpha value is -0.160. The molecule has 2 atom stereocenters. The Morgan fingerprint density at radius 1 is 1.42 bits per heavy atom. The third-order valence-corrected chi connectivity index (χ3v) is 1.65. The number of hydrogen-bond donors (Lipinski definition) is 4. The highest BCUT2D eigenvalue weighted by Gasteiger charge is 2.17. The minimum Gasteiger partial charge on any atom is -0.396 e. The van der Waals surface area contributed by atoms with Crippen molar-refractivity contribution in [3.63, 3.8) is 0 Å². The van der Waals surface area contributed by atoms with Crippen LogP contribution in [0.4, 0.5) is 0 Å². The summed E-state index contributed by atoms with van der Waals surface area (Å²) < 4.78 is 0. The molecule has 12 heavy (non-hydrogen) atoms. The van der Waals surface area contributed by atoms with Crippen LogP contribution in [0.2, 0.25) is 0 Å². The molecule has 0 radical (unpaired) electrons. The first-order chi connectivity index (χ1) is 5.52. The van der Waals surface area contributed by atoms with E-state index in [4.69, 9.17) is 10.2 Å². The van der Waals surface area contributed by atoms with Crippen molar-refractivity contribution in [2.24, 2.45) is 5.92 Å². The smallest absolute Gasteiger partial charge is 0.0972 e. The summed E-state index contributed by atoms with van der Waals surface area (Å²) in [5.74, 6) is 0.180. The first-order valence-electron chi connectivity index (χ1n) is 4.16. The number of aliphatic hydroxyl groups is 3. The highest BCUT2D eigenvalue weighted by Crippen LogP contribution is 1.99. The molecule has 0 aliphatic carbocycles. The van der Waals surface area contributed by atoms with Gasteiger partial charge in [-0.15, -0.1) is 0 Å². The predicted octanol–water partition coefficient (Wildman–Crippen LogP) is -1.05. The molecule has 4 N–H and O–H groups in total. The zero-order valence-electron chi connectivity index (χ0n) is 7.75. The van der Waals surface area contributed by atoms with E-state index in [1.807, 2.05) is 6.92 Å². The monoisotopic (exact) mass is 177 g/mol. The molecule has 2 unspecified atom stereocenters. The van der Waals surface area contributed by atoms with Crippen LogP contribution in [-0.4, -0.2) is 47.2 Å². The molecule has 0 heterocycles. The van der Waals surface area contributed by atoms with Crippen LogP contribution < -0.4 is 5.32 Å². The van der Waals surface area contributed by atoms with Crippen molar-refractivity contribution in [3.05, 3.63) is 0 Å². The Morgan fingerprint density at radius 2 is 2.00 bits per heavy atom. The molecule has 0 saturated carbocycles. The Balaban J connectivity index is 3.42. The Kier molecular flexibility index (Phi) is 5.41. The molecule has 0 saturated heterocycles. The number of hydrogen-bond acceptors (Lipinski definition) is 4. The van der Waals surface area contributed by atoms with E-state index in [-0.39, 0.29) is 19.1 Å². The highest BCUT2D eigenvalue weighted by molar-refractivity contribution is 4.74. The zero-order chi connectivity index (χ0) is 9.61. The second kappa shape index (κ2) is 5.48. The summed E-state index contributed by atoms with van der Waals surface area (Å²) in [6.07, 6.45) is 0. The van der Waals surface area contributed by atoms with E-state index in [0.29, 0.717) is 13.1 Å². The van der Waals surface area contributed by atoms with Crippen molar-refractivity contribution < 1.29 is 15.3 Å². The maximum absolute atomic E-state index is 9.33. The molecule has 0 fully saturated rings. The lowest BCUT2D eigenvalue weighted by Crippen LogP contribution is -2.42. The summed E-state index contributed by atoms with van der Waals surface area (Å²) >= 11 is 0. The van der Waals surface area contributed by atoms with E-state index in [1.165, 1.54) is 0 Å². The van der Waals surface area contributed by atoms with Gasteiger partial charge in [0.25, 0.3) is 0 Å². The van der Waals surface area contributed by atoms with E-state index in [0.717, 1.165) is 0 Å². The molecule has 0 spiro atoms. The second-order valence-corrected chi connectivity index (χ2v) is 3.57. The van der Waals surface area contributed by atoms with Gasteiger partial charge in [-0.2, -0.15) is 0 Å². The summed E-state index contributed by atoms with van der Waals surface area (Å²) in [5.41, 5.74) is -1.06. The minimum atomic E-state index is -1.06. The lowest BCUT2D eigenvalue weighted by Gasteiger charge is -2.21. The van der Waals surface area contributed by atoms with E-state index >= 15 is 0 Å². The first-order valence-corrected chi connectivity index (χ1v) is 4.16. The van der Waals surface area contributed by atoms with Gasteiger partial charge in [-0.25, -0.2) is 0 Å². The third-order valence-electron chi connectivity index (χ3n) is 1.65. The fraction of sp³-hybridized carbons (Fsp3) is 1.00. The molecule has 0 amide bonds. The van der Waals surface area contributed by atoms with Crippen molar-refractivity contribution >= 4 is 0 Å². The molecule has 0 aromatic rings. The maximum atomic E-state index is 9.33. The number of rotatable bonds is 6. The Morgan fingerprint density at radius 3 is 2.42 bits per heavy atom. The summed E-state index contributed by atoms with van der Waals surface area (Å²) in [4.78, 5) is 0. The SMILES string of the molecule is CC(CO)CNCC(C)(O)CO. The van der Waals surface area contributed by atoms with Crippen molar-refractivity contribution in [1.82, 2.24) is 5.32 Å². The highest BCUT2D eigenvalue weighted by atomic mass is 16.3. The molecule has 0 rings (SSSR count). The molecule has 0 bridgehead atoms. The van der Waals surface area contributed by atoms with Gasteiger partial charge in [0.05, 0.1) is 12.2 Å². The summed E-state index contributed by atoms with van der Waals surface area (Å²) in [7, 11) is 0. The van der Waals surface area contributed by atoms with Crippen molar-refractivity contribution in [3.8, 4) is 0 Å². The van der Waals surface area contributed by atoms with Gasteiger partial charge in [0.2, 0.25) is 0 Å². The molecule has 0 aromatic heterocycles. The second-order valence-electron chi connectivity index (χ2n) is 3.57. The minimum absolute atomic E-state index is 0.133. The molecule has 74 valence electrons. The normalized spacial score (nSPS) is 18.8. The molecule has 4 heteroatoms. The lowest BCUT2D eigenvalue weighted by molar-refractivity contribution is 0.00195. The number of aliphatic hydroxyl groups excluding tert-OH is 2. The fourth-order valence-corrected chi connectivity index (χ4v) is 0.708. The van der Waals surface area contributed by atoms with Crippen LogP contribution in [0.5, 0.6) is 0 Å². The van der Waals surface area contributed by atoms with Gasteiger partial charge in [0.15, 0.2) is 0 Å². The van der Waals surface area contributed by atoms with Crippen LogP contribution in [0.3, 0.4) is 0 Å². The van der Waals surface area contributed by atoms with E-state index in [2.05, 4.69) is 5.32 Å². The predicted molar refractivity (Wildman–Crippen MR) is 46.8 cm³/mol. The standard InChI is InChI=1S/C8H19NO3/c1-7(4-10)3-9-5-8(2,12)6-11/h7,9-12H,3-6H2,1-2H3. The van der Waals surface area contributed by atoms with Crippen molar-refractivity contribution in [1.29, 1.82) is 0 Å². The van der Waals surface area contributed by atoms with Gasteiger partial charge in [-0.05, 0) is 19.4 Å². The van der Waals surface area contributed by atoms with Crippen molar-refractivity contribution in [2.45, 2.75) is 19.4 Å². The molecular weight excluding hydrogens is 158 g/mol. The van der Waals surface area contributed by atoms with Crippen LogP contribution in [0.25, 0.3) is 0 Å². The van der Waals surface area contributed by atoms with Crippen LogP contribution in [0, 0.1) is 5.92 Å². The molecule has 0 aliphatic heterocycles. The molecular formula is C8H19NO3. The van der Waals surface area contributed by atoms with Gasteiger partial charge in [-0.3, -0.25) is 0 Å². The van der Waals surface area contributed by atoms with Gasteiger partial charge < -0.3 is 20.6 Å². The van der Waals surface area contributed by atoms with Crippen LogP contribution in [0.1, 0.15) is 13.8 Å². The summed E-state index contributed by atoms with van der Waals surface area (Å²) in [6.45, 7) is 4.33.